The van der Waals surface area contributed by atoms with E-state index in [0.29, 0.717) is 12.3 Å². The fourth-order valence-electron chi connectivity index (χ4n) is 2.57. The molecule has 118 valence electrons. The summed E-state index contributed by atoms with van der Waals surface area (Å²) >= 11 is 2.07. The Balaban J connectivity index is 1.68. The minimum absolute atomic E-state index is 0.0385. The molecule has 0 unspecified atom stereocenters. The highest BCUT2D eigenvalue weighted by Gasteiger charge is 2.22. The Bertz CT molecular complexity index is 795. The van der Waals surface area contributed by atoms with E-state index < -0.39 is 0 Å². The number of anilines is 2. The van der Waals surface area contributed by atoms with E-state index in [9.17, 15) is 9.59 Å². The average molecular weight is 422 g/mol. The summed E-state index contributed by atoms with van der Waals surface area (Å²) in [6, 6.07) is 9.23. The maximum absolute atomic E-state index is 12.0. The number of furan rings is 1. The van der Waals surface area contributed by atoms with Crippen LogP contribution in [0.15, 0.2) is 40.8 Å². The van der Waals surface area contributed by atoms with Crippen LogP contribution in [-0.4, -0.2) is 18.4 Å². The molecule has 2 aromatic rings. The molecule has 0 fully saturated rings. The van der Waals surface area contributed by atoms with E-state index in [0.717, 1.165) is 27.1 Å². The summed E-state index contributed by atoms with van der Waals surface area (Å²) < 4.78 is 6.14. The number of rotatable bonds is 3. The molecule has 0 radical (unpaired) electrons. The normalized spacial score (nSPS) is 13.4. The summed E-state index contributed by atoms with van der Waals surface area (Å²) in [4.78, 5) is 25.2. The average Bonchev–Trinajstić information content (AvgIpc) is 3.10. The topological polar surface area (TPSA) is 62.6 Å². The number of benzene rings is 1. The van der Waals surface area contributed by atoms with Crippen LogP contribution in [-0.2, 0) is 16.0 Å². The molecular weight excluding hydrogens is 407 g/mol. The molecular formula is C17H15IN2O3. The fraction of sp³-hybridized carbons (Fsp3) is 0.176. The van der Waals surface area contributed by atoms with Gasteiger partial charge in [-0.25, -0.2) is 0 Å². The molecule has 2 heterocycles. The summed E-state index contributed by atoms with van der Waals surface area (Å²) in [6.07, 6.45) is 3.87. The van der Waals surface area contributed by atoms with Crippen molar-refractivity contribution < 1.29 is 14.0 Å². The van der Waals surface area contributed by atoms with Gasteiger partial charge < -0.3 is 14.6 Å². The van der Waals surface area contributed by atoms with Gasteiger partial charge in [0.1, 0.15) is 5.76 Å². The Morgan fingerprint density at radius 1 is 1.30 bits per heavy atom. The first-order valence-electron chi connectivity index (χ1n) is 7.18. The standard InChI is InChI=1S/C17H15IN2O3/c1-11(21)20-9-8-12-10-13(2-5-15(12)20)19-17(22)7-4-14-3-6-16(18)23-14/h2-7,10H,8-9H2,1H3,(H,19,22)/b7-4+. The molecule has 0 atom stereocenters. The minimum atomic E-state index is -0.224. The van der Waals surface area contributed by atoms with Crippen molar-refractivity contribution in [1.82, 2.24) is 0 Å². The quantitative estimate of drug-likeness (QED) is 0.609. The van der Waals surface area contributed by atoms with Crippen LogP contribution in [0, 0.1) is 3.77 Å². The lowest BCUT2D eigenvalue weighted by Gasteiger charge is -2.14. The van der Waals surface area contributed by atoms with Crippen LogP contribution in [0.25, 0.3) is 6.08 Å². The predicted octanol–water partition coefficient (Wildman–Crippen LogP) is 3.45. The number of fused-ring (bicyclic) bond motifs is 1. The van der Waals surface area contributed by atoms with E-state index in [1.54, 1.807) is 24.0 Å². The van der Waals surface area contributed by atoms with Crippen molar-refractivity contribution in [3.05, 3.63) is 51.5 Å². The Morgan fingerprint density at radius 3 is 2.83 bits per heavy atom. The fourth-order valence-corrected chi connectivity index (χ4v) is 3.00. The Hall–Kier alpha value is -2.09. The zero-order valence-electron chi connectivity index (χ0n) is 12.5. The lowest BCUT2D eigenvalue weighted by molar-refractivity contribution is -0.116. The summed E-state index contributed by atoms with van der Waals surface area (Å²) in [5, 5.41) is 2.82. The molecule has 1 aliphatic rings. The molecule has 0 saturated heterocycles. The first-order valence-corrected chi connectivity index (χ1v) is 8.26. The monoisotopic (exact) mass is 422 g/mol. The van der Waals surface area contributed by atoms with E-state index in [4.69, 9.17) is 4.42 Å². The van der Waals surface area contributed by atoms with Gasteiger partial charge in [-0.2, -0.15) is 0 Å². The number of hydrogen-bond acceptors (Lipinski definition) is 3. The third-order valence-corrected chi connectivity index (χ3v) is 4.20. The van der Waals surface area contributed by atoms with Gasteiger partial charge in [0.15, 0.2) is 3.77 Å². The third kappa shape index (κ3) is 3.64. The molecule has 0 bridgehead atoms. The summed E-state index contributed by atoms with van der Waals surface area (Å²) in [5.41, 5.74) is 2.72. The van der Waals surface area contributed by atoms with Crippen molar-refractivity contribution >= 4 is 51.9 Å². The highest BCUT2D eigenvalue weighted by atomic mass is 127. The number of amides is 2. The van der Waals surface area contributed by atoms with Crippen LogP contribution in [0.3, 0.4) is 0 Å². The first kappa shape index (κ1) is 15.8. The van der Waals surface area contributed by atoms with Gasteiger partial charge in [-0.05, 0) is 71.0 Å². The van der Waals surface area contributed by atoms with Crippen molar-refractivity contribution in [3.8, 4) is 0 Å². The number of nitrogens with one attached hydrogen (secondary N) is 1. The van der Waals surface area contributed by atoms with Crippen LogP contribution < -0.4 is 10.2 Å². The second kappa shape index (κ2) is 6.57. The van der Waals surface area contributed by atoms with Gasteiger partial charge in [-0.15, -0.1) is 0 Å². The smallest absolute Gasteiger partial charge is 0.248 e. The SMILES string of the molecule is CC(=O)N1CCc2cc(NC(=O)/C=C/c3ccc(I)o3)ccc21. The van der Waals surface area contributed by atoms with Gasteiger partial charge in [0, 0.05) is 30.9 Å². The van der Waals surface area contributed by atoms with Crippen LogP contribution in [0.4, 0.5) is 11.4 Å². The molecule has 1 aromatic carbocycles. The van der Waals surface area contributed by atoms with Crippen molar-refractivity contribution in [1.29, 1.82) is 0 Å². The maximum atomic E-state index is 12.0. The molecule has 0 spiro atoms. The molecule has 23 heavy (non-hydrogen) atoms. The molecule has 6 heteroatoms. The molecule has 3 rings (SSSR count). The molecule has 0 aliphatic carbocycles. The molecule has 1 aliphatic heterocycles. The van der Waals surface area contributed by atoms with Crippen molar-refractivity contribution in [2.24, 2.45) is 0 Å². The number of carbonyl (C=O) groups is 2. The highest BCUT2D eigenvalue weighted by molar-refractivity contribution is 14.1. The second-order valence-electron chi connectivity index (χ2n) is 5.23. The van der Waals surface area contributed by atoms with Gasteiger partial charge in [0.05, 0.1) is 0 Å². The minimum Gasteiger partial charge on any atom is -0.451 e. The van der Waals surface area contributed by atoms with Crippen molar-refractivity contribution in [2.45, 2.75) is 13.3 Å². The molecule has 1 aromatic heterocycles. The van der Waals surface area contributed by atoms with E-state index in [1.807, 2.05) is 24.3 Å². The van der Waals surface area contributed by atoms with Gasteiger partial charge in [0.2, 0.25) is 11.8 Å². The highest BCUT2D eigenvalue weighted by Crippen LogP contribution is 2.30. The Morgan fingerprint density at radius 2 is 2.13 bits per heavy atom. The van der Waals surface area contributed by atoms with E-state index >= 15 is 0 Å². The Kier molecular flexibility index (Phi) is 4.51. The number of carbonyl (C=O) groups excluding carboxylic acids is 2. The van der Waals surface area contributed by atoms with Crippen LogP contribution in [0.1, 0.15) is 18.2 Å². The van der Waals surface area contributed by atoms with Crippen LogP contribution in [0.2, 0.25) is 0 Å². The van der Waals surface area contributed by atoms with E-state index in [-0.39, 0.29) is 11.8 Å². The lowest BCUT2D eigenvalue weighted by Crippen LogP contribution is -2.25. The second-order valence-corrected chi connectivity index (χ2v) is 6.29. The molecule has 0 saturated carbocycles. The zero-order valence-corrected chi connectivity index (χ0v) is 14.7. The van der Waals surface area contributed by atoms with Gasteiger partial charge in [-0.3, -0.25) is 9.59 Å². The zero-order chi connectivity index (χ0) is 16.4. The number of nitrogens with zero attached hydrogens (tertiary/aromatic N) is 1. The van der Waals surface area contributed by atoms with Crippen molar-refractivity contribution in [3.63, 3.8) is 0 Å². The summed E-state index contributed by atoms with van der Waals surface area (Å²) in [5.74, 6) is 0.449. The van der Waals surface area contributed by atoms with Crippen LogP contribution in [0.5, 0.6) is 0 Å². The number of halogens is 1. The molecule has 1 N–H and O–H groups in total. The van der Waals surface area contributed by atoms with Crippen LogP contribution >= 0.6 is 22.6 Å². The molecule has 2 amide bonds. The Labute approximate surface area is 147 Å². The van der Waals surface area contributed by atoms with Crippen molar-refractivity contribution in [2.75, 3.05) is 16.8 Å². The largest absolute Gasteiger partial charge is 0.451 e. The molecule has 5 nitrogen and oxygen atoms in total. The summed E-state index contributed by atoms with van der Waals surface area (Å²) in [7, 11) is 0. The number of hydrogen-bond donors (Lipinski definition) is 1. The van der Waals surface area contributed by atoms with Gasteiger partial charge in [-0.1, -0.05) is 0 Å². The predicted molar refractivity (Wildman–Crippen MR) is 97.3 cm³/mol. The summed E-state index contributed by atoms with van der Waals surface area (Å²) in [6.45, 7) is 2.25. The van der Waals surface area contributed by atoms with Gasteiger partial charge >= 0.3 is 0 Å². The first-order chi connectivity index (χ1) is 11.0. The van der Waals surface area contributed by atoms with Gasteiger partial charge in [0.25, 0.3) is 0 Å². The lowest BCUT2D eigenvalue weighted by atomic mass is 10.1. The third-order valence-electron chi connectivity index (χ3n) is 3.62. The van der Waals surface area contributed by atoms with E-state index in [1.165, 1.54) is 6.08 Å². The maximum Gasteiger partial charge on any atom is 0.248 e. The van der Waals surface area contributed by atoms with E-state index in [2.05, 4.69) is 27.9 Å².